The zero-order valence-electron chi connectivity index (χ0n) is 13.6. The first-order valence-corrected chi connectivity index (χ1v) is 7.96. The molecule has 0 unspecified atom stereocenters. The topological polar surface area (TPSA) is 43.8 Å². The number of phenols is 1. The Morgan fingerprint density at radius 3 is 2.35 bits per heavy atom. The summed E-state index contributed by atoms with van der Waals surface area (Å²) < 4.78 is 0. The van der Waals surface area contributed by atoms with E-state index in [0.29, 0.717) is 18.7 Å². The quantitative estimate of drug-likeness (QED) is 0.927. The minimum atomic E-state index is -0.0938. The maximum atomic E-state index is 12.5. The first-order chi connectivity index (χ1) is 11.1. The predicted octanol–water partition coefficient (Wildman–Crippen LogP) is 2.97. The fourth-order valence-corrected chi connectivity index (χ4v) is 3.05. The Bertz CT molecular complexity index is 719. The lowest BCUT2D eigenvalue weighted by Gasteiger charge is -2.37. The maximum absolute atomic E-state index is 12.5. The molecule has 2 aromatic rings. The van der Waals surface area contributed by atoms with Crippen molar-refractivity contribution >= 4 is 11.6 Å². The summed E-state index contributed by atoms with van der Waals surface area (Å²) in [7, 11) is 0. The first kappa shape index (κ1) is 15.4. The lowest BCUT2D eigenvalue weighted by molar-refractivity contribution is 0.0743. The van der Waals surface area contributed by atoms with Crippen LogP contribution in [0.3, 0.4) is 0 Å². The Morgan fingerprint density at radius 2 is 1.65 bits per heavy atom. The summed E-state index contributed by atoms with van der Waals surface area (Å²) in [5.74, 6) is -0.0434. The number of hydrogen-bond acceptors (Lipinski definition) is 3. The second-order valence-electron chi connectivity index (χ2n) is 6.02. The summed E-state index contributed by atoms with van der Waals surface area (Å²) in [6, 6.07) is 13.1. The molecule has 1 amide bonds. The van der Waals surface area contributed by atoms with Gasteiger partial charge in [-0.1, -0.05) is 24.3 Å². The van der Waals surface area contributed by atoms with E-state index in [1.165, 1.54) is 16.8 Å². The lowest BCUT2D eigenvalue weighted by atomic mass is 10.1. The van der Waals surface area contributed by atoms with Crippen LogP contribution in [0.25, 0.3) is 0 Å². The van der Waals surface area contributed by atoms with Crippen molar-refractivity contribution in [1.82, 2.24) is 4.90 Å². The van der Waals surface area contributed by atoms with Crippen molar-refractivity contribution in [3.8, 4) is 5.75 Å². The van der Waals surface area contributed by atoms with Crippen LogP contribution < -0.4 is 4.90 Å². The number of rotatable bonds is 2. The monoisotopic (exact) mass is 310 g/mol. The van der Waals surface area contributed by atoms with Gasteiger partial charge in [0.1, 0.15) is 5.75 Å². The molecule has 4 heteroatoms. The number of carbonyl (C=O) groups excluding carboxylic acids is 1. The minimum Gasteiger partial charge on any atom is -0.507 e. The van der Waals surface area contributed by atoms with E-state index in [4.69, 9.17) is 0 Å². The van der Waals surface area contributed by atoms with Gasteiger partial charge >= 0.3 is 0 Å². The van der Waals surface area contributed by atoms with Gasteiger partial charge in [-0.25, -0.2) is 0 Å². The molecule has 4 nitrogen and oxygen atoms in total. The van der Waals surface area contributed by atoms with E-state index in [-0.39, 0.29) is 11.7 Å². The highest BCUT2D eigenvalue weighted by molar-refractivity contribution is 5.96. The molecule has 3 rings (SSSR count). The third-order valence-electron chi connectivity index (χ3n) is 4.62. The van der Waals surface area contributed by atoms with E-state index in [2.05, 4.69) is 36.9 Å². The van der Waals surface area contributed by atoms with E-state index < -0.39 is 0 Å². The number of benzene rings is 2. The Hall–Kier alpha value is -2.49. The minimum absolute atomic E-state index is 0.0504. The average molecular weight is 310 g/mol. The Morgan fingerprint density at radius 1 is 0.957 bits per heavy atom. The van der Waals surface area contributed by atoms with Crippen LogP contribution in [0.1, 0.15) is 21.5 Å². The standard InChI is InChI=1S/C19H22N2O2/c1-14-6-5-8-17(15(14)2)20-10-12-21(13-11-20)19(23)16-7-3-4-9-18(16)22/h3-9,22H,10-13H2,1-2H3. The van der Waals surface area contributed by atoms with Gasteiger partial charge in [0.2, 0.25) is 0 Å². The molecule has 0 atom stereocenters. The molecular weight excluding hydrogens is 288 g/mol. The van der Waals surface area contributed by atoms with Gasteiger partial charge in [0, 0.05) is 31.9 Å². The summed E-state index contributed by atoms with van der Waals surface area (Å²) in [4.78, 5) is 16.7. The Kier molecular flexibility index (Phi) is 4.24. The number of hydrogen-bond donors (Lipinski definition) is 1. The van der Waals surface area contributed by atoms with E-state index in [1.54, 1.807) is 24.3 Å². The zero-order valence-corrected chi connectivity index (χ0v) is 13.6. The molecule has 1 N–H and O–H groups in total. The van der Waals surface area contributed by atoms with Crippen LogP contribution in [-0.4, -0.2) is 42.1 Å². The van der Waals surface area contributed by atoms with Crippen LogP contribution in [0, 0.1) is 13.8 Å². The molecular formula is C19H22N2O2. The number of anilines is 1. The van der Waals surface area contributed by atoms with Crippen molar-refractivity contribution in [2.24, 2.45) is 0 Å². The number of carbonyl (C=O) groups is 1. The van der Waals surface area contributed by atoms with Gasteiger partial charge in [0.25, 0.3) is 5.91 Å². The van der Waals surface area contributed by atoms with Crippen LogP contribution in [0.2, 0.25) is 0 Å². The molecule has 1 heterocycles. The van der Waals surface area contributed by atoms with Gasteiger partial charge in [-0.05, 0) is 43.2 Å². The highest BCUT2D eigenvalue weighted by atomic mass is 16.3. The molecule has 1 fully saturated rings. The first-order valence-electron chi connectivity index (χ1n) is 7.96. The molecule has 1 aliphatic heterocycles. The number of phenolic OH excluding ortho intramolecular Hbond substituents is 1. The van der Waals surface area contributed by atoms with E-state index in [1.807, 2.05) is 4.90 Å². The SMILES string of the molecule is Cc1cccc(N2CCN(C(=O)c3ccccc3O)CC2)c1C. The van der Waals surface area contributed by atoms with Gasteiger partial charge in [0.05, 0.1) is 5.56 Å². The highest BCUT2D eigenvalue weighted by Crippen LogP contribution is 2.25. The molecule has 2 aromatic carbocycles. The average Bonchev–Trinajstić information content (AvgIpc) is 2.57. The largest absolute Gasteiger partial charge is 0.507 e. The van der Waals surface area contributed by atoms with Gasteiger partial charge in [0.15, 0.2) is 0 Å². The summed E-state index contributed by atoms with van der Waals surface area (Å²) >= 11 is 0. The van der Waals surface area contributed by atoms with E-state index >= 15 is 0 Å². The van der Waals surface area contributed by atoms with Gasteiger partial charge < -0.3 is 14.9 Å². The molecule has 23 heavy (non-hydrogen) atoms. The summed E-state index contributed by atoms with van der Waals surface area (Å²) in [6.45, 7) is 7.22. The van der Waals surface area contributed by atoms with Crippen molar-refractivity contribution in [1.29, 1.82) is 0 Å². The van der Waals surface area contributed by atoms with Gasteiger partial charge in [-0.2, -0.15) is 0 Å². The van der Waals surface area contributed by atoms with Crippen LogP contribution in [-0.2, 0) is 0 Å². The molecule has 0 radical (unpaired) electrons. The van der Waals surface area contributed by atoms with Crippen molar-refractivity contribution in [3.05, 3.63) is 59.2 Å². The fourth-order valence-electron chi connectivity index (χ4n) is 3.05. The van der Waals surface area contributed by atoms with E-state index in [9.17, 15) is 9.90 Å². The third kappa shape index (κ3) is 3.02. The summed E-state index contributed by atoms with van der Waals surface area (Å²) in [6.07, 6.45) is 0. The van der Waals surface area contributed by atoms with Crippen molar-refractivity contribution in [2.75, 3.05) is 31.1 Å². The Balaban J connectivity index is 1.70. The molecule has 1 aliphatic rings. The smallest absolute Gasteiger partial charge is 0.257 e. The number of aryl methyl sites for hydroxylation is 1. The lowest BCUT2D eigenvalue weighted by Crippen LogP contribution is -2.49. The van der Waals surface area contributed by atoms with Crippen LogP contribution in [0.5, 0.6) is 5.75 Å². The molecule has 0 aromatic heterocycles. The van der Waals surface area contributed by atoms with Crippen LogP contribution in [0.4, 0.5) is 5.69 Å². The molecule has 0 bridgehead atoms. The van der Waals surface area contributed by atoms with Crippen molar-refractivity contribution < 1.29 is 9.90 Å². The van der Waals surface area contributed by atoms with Crippen LogP contribution in [0.15, 0.2) is 42.5 Å². The molecule has 0 aliphatic carbocycles. The molecule has 0 spiro atoms. The normalized spacial score (nSPS) is 14.9. The number of nitrogens with zero attached hydrogens (tertiary/aromatic N) is 2. The van der Waals surface area contributed by atoms with Crippen molar-refractivity contribution in [3.63, 3.8) is 0 Å². The predicted molar refractivity (Wildman–Crippen MR) is 92.1 cm³/mol. The number of aromatic hydroxyl groups is 1. The number of para-hydroxylation sites is 1. The molecule has 0 saturated carbocycles. The summed E-state index contributed by atoms with van der Waals surface area (Å²) in [5, 5.41) is 9.85. The zero-order chi connectivity index (χ0) is 16.4. The van der Waals surface area contributed by atoms with Crippen molar-refractivity contribution in [2.45, 2.75) is 13.8 Å². The number of amides is 1. The van der Waals surface area contributed by atoms with E-state index in [0.717, 1.165) is 13.1 Å². The summed E-state index contributed by atoms with van der Waals surface area (Å²) in [5.41, 5.74) is 4.22. The van der Waals surface area contributed by atoms with Gasteiger partial charge in [-0.15, -0.1) is 0 Å². The van der Waals surface area contributed by atoms with Crippen LogP contribution >= 0.6 is 0 Å². The second-order valence-corrected chi connectivity index (χ2v) is 6.02. The number of piperazine rings is 1. The third-order valence-corrected chi connectivity index (χ3v) is 4.62. The molecule has 1 saturated heterocycles. The molecule has 120 valence electrons. The maximum Gasteiger partial charge on any atom is 0.257 e. The second kappa shape index (κ2) is 6.32. The fraction of sp³-hybridized carbons (Fsp3) is 0.316. The van der Waals surface area contributed by atoms with Gasteiger partial charge in [-0.3, -0.25) is 4.79 Å². The Labute approximate surface area is 137 Å². The highest BCUT2D eigenvalue weighted by Gasteiger charge is 2.24.